The molecule has 23 heavy (non-hydrogen) atoms. The van der Waals surface area contributed by atoms with Gasteiger partial charge in [-0.05, 0) is 62.5 Å². The van der Waals surface area contributed by atoms with E-state index in [4.69, 9.17) is 0 Å². The summed E-state index contributed by atoms with van der Waals surface area (Å²) < 4.78 is 0. The number of carbonyl (C=O) groups is 2. The molecule has 0 heterocycles. The maximum atomic E-state index is 13.0. The molecule has 0 aliphatic heterocycles. The molecular weight excluding hydrogens is 294 g/mol. The van der Waals surface area contributed by atoms with Crippen molar-refractivity contribution in [3.8, 4) is 0 Å². The largest absolute Gasteiger partial charge is 0.478 e. The van der Waals surface area contributed by atoms with Gasteiger partial charge < -0.3 is 15.5 Å². The van der Waals surface area contributed by atoms with Crippen LogP contribution < -0.4 is 5.32 Å². The zero-order valence-corrected chi connectivity index (χ0v) is 12.9. The summed E-state index contributed by atoms with van der Waals surface area (Å²) >= 11 is 0. The molecule has 4 aliphatic rings. The number of aromatic carboxylic acids is 1. The van der Waals surface area contributed by atoms with E-state index in [2.05, 4.69) is 5.32 Å². The average molecular weight is 315 g/mol. The van der Waals surface area contributed by atoms with Crippen molar-refractivity contribution in [2.24, 2.45) is 17.3 Å². The van der Waals surface area contributed by atoms with Gasteiger partial charge in [-0.2, -0.15) is 0 Å². The summed E-state index contributed by atoms with van der Waals surface area (Å²) in [5.74, 6) is -0.341. The fourth-order valence-corrected chi connectivity index (χ4v) is 5.51. The van der Waals surface area contributed by atoms with Crippen molar-refractivity contribution in [2.75, 3.05) is 5.32 Å². The quantitative estimate of drug-likeness (QED) is 0.800. The van der Waals surface area contributed by atoms with Crippen LogP contribution in [0.3, 0.4) is 0 Å². The monoisotopic (exact) mass is 315 g/mol. The fraction of sp³-hybridized carbons (Fsp3) is 0.556. The van der Waals surface area contributed by atoms with Crippen molar-refractivity contribution in [1.82, 2.24) is 0 Å². The summed E-state index contributed by atoms with van der Waals surface area (Å²) in [5.41, 5.74) is -0.796. The molecule has 2 unspecified atom stereocenters. The average Bonchev–Trinajstić information content (AvgIpc) is 2.45. The van der Waals surface area contributed by atoms with Gasteiger partial charge in [0.25, 0.3) is 0 Å². The lowest BCUT2D eigenvalue weighted by Gasteiger charge is -2.59. The topological polar surface area (TPSA) is 86.6 Å². The molecule has 0 aromatic heterocycles. The number of rotatable bonds is 3. The Morgan fingerprint density at radius 3 is 2.35 bits per heavy atom. The van der Waals surface area contributed by atoms with E-state index in [0.29, 0.717) is 23.9 Å². The van der Waals surface area contributed by atoms with Gasteiger partial charge in [0, 0.05) is 0 Å². The van der Waals surface area contributed by atoms with Crippen molar-refractivity contribution in [3.63, 3.8) is 0 Å². The first-order valence-electron chi connectivity index (χ1n) is 8.25. The summed E-state index contributed by atoms with van der Waals surface area (Å²) in [6, 6.07) is 6.48. The minimum Gasteiger partial charge on any atom is -0.478 e. The molecule has 4 aliphatic carbocycles. The van der Waals surface area contributed by atoms with Gasteiger partial charge in [-0.3, -0.25) is 4.79 Å². The first kappa shape index (κ1) is 14.7. The number of nitrogens with one attached hydrogen (secondary N) is 1. The summed E-state index contributed by atoms with van der Waals surface area (Å²) in [4.78, 5) is 24.3. The van der Waals surface area contributed by atoms with Gasteiger partial charge in [0.2, 0.25) is 5.91 Å². The number of amides is 1. The summed E-state index contributed by atoms with van der Waals surface area (Å²) in [6.07, 6.45) is 4.87. The molecule has 1 amide bonds. The van der Waals surface area contributed by atoms with Gasteiger partial charge in [-0.25, -0.2) is 4.79 Å². The molecule has 5 rings (SSSR count). The third-order valence-corrected chi connectivity index (χ3v) is 5.92. The highest BCUT2D eigenvalue weighted by atomic mass is 16.4. The number of carbonyl (C=O) groups excluding carboxylic acids is 1. The second-order valence-corrected chi connectivity index (χ2v) is 7.77. The Hall–Kier alpha value is -1.88. The lowest BCUT2D eigenvalue weighted by Crippen LogP contribution is -2.59. The number of para-hydroxylation sites is 1. The van der Waals surface area contributed by atoms with Gasteiger partial charge in [-0.1, -0.05) is 12.1 Å². The molecule has 1 aromatic carbocycles. The lowest BCUT2D eigenvalue weighted by molar-refractivity contribution is -0.174. The van der Waals surface area contributed by atoms with Crippen molar-refractivity contribution in [1.29, 1.82) is 0 Å². The Morgan fingerprint density at radius 2 is 1.74 bits per heavy atom. The van der Waals surface area contributed by atoms with E-state index in [1.807, 2.05) is 0 Å². The molecule has 0 spiro atoms. The maximum Gasteiger partial charge on any atom is 0.337 e. The minimum atomic E-state index is -1.05. The molecule has 2 atom stereocenters. The maximum absolute atomic E-state index is 13.0. The number of hydrogen-bond donors (Lipinski definition) is 3. The van der Waals surface area contributed by atoms with Crippen molar-refractivity contribution < 1.29 is 19.8 Å². The predicted molar refractivity (Wildman–Crippen MR) is 84.1 cm³/mol. The van der Waals surface area contributed by atoms with Crippen LogP contribution in [0.2, 0.25) is 0 Å². The molecule has 4 fully saturated rings. The summed E-state index contributed by atoms with van der Waals surface area (Å²) in [7, 11) is 0. The second kappa shape index (κ2) is 4.81. The zero-order valence-electron chi connectivity index (χ0n) is 12.9. The Bertz CT molecular complexity index is 669. The molecule has 0 saturated heterocycles. The van der Waals surface area contributed by atoms with E-state index in [1.54, 1.807) is 18.2 Å². The van der Waals surface area contributed by atoms with E-state index in [9.17, 15) is 19.8 Å². The van der Waals surface area contributed by atoms with Crippen molar-refractivity contribution in [2.45, 2.75) is 44.1 Å². The number of carboxylic acids is 1. The first-order chi connectivity index (χ1) is 10.9. The van der Waals surface area contributed by atoms with E-state index >= 15 is 0 Å². The highest BCUT2D eigenvalue weighted by molar-refractivity contribution is 6.02. The molecule has 1 aromatic rings. The highest BCUT2D eigenvalue weighted by Gasteiger charge is 2.60. The van der Waals surface area contributed by atoms with E-state index in [1.165, 1.54) is 6.07 Å². The summed E-state index contributed by atoms with van der Waals surface area (Å²) in [6.45, 7) is 0. The Morgan fingerprint density at radius 1 is 1.09 bits per heavy atom. The molecule has 122 valence electrons. The highest BCUT2D eigenvalue weighted by Crippen LogP contribution is 2.61. The SMILES string of the molecule is O=C(O)c1ccccc1NC(=O)C12CC3CC(CC(O)(C3)C1)C2. The molecule has 0 radical (unpaired) electrons. The van der Waals surface area contributed by atoms with Crippen LogP contribution in [0.4, 0.5) is 5.69 Å². The van der Waals surface area contributed by atoms with Crippen molar-refractivity contribution >= 4 is 17.6 Å². The number of hydrogen-bond acceptors (Lipinski definition) is 3. The third-order valence-electron chi connectivity index (χ3n) is 5.92. The van der Waals surface area contributed by atoms with Crippen LogP contribution in [-0.2, 0) is 4.79 Å². The normalized spacial score (nSPS) is 37.6. The number of carboxylic acid groups (broad SMARTS) is 1. The zero-order chi connectivity index (χ0) is 16.2. The van der Waals surface area contributed by atoms with E-state index in [0.717, 1.165) is 32.1 Å². The van der Waals surface area contributed by atoms with Crippen LogP contribution in [0.5, 0.6) is 0 Å². The fourth-order valence-electron chi connectivity index (χ4n) is 5.51. The Balaban J connectivity index is 1.62. The van der Waals surface area contributed by atoms with Gasteiger partial charge in [0.05, 0.1) is 22.3 Å². The predicted octanol–water partition coefficient (Wildman–Crippen LogP) is 2.65. The van der Waals surface area contributed by atoms with Gasteiger partial charge in [-0.15, -0.1) is 0 Å². The standard InChI is InChI=1S/C18H21NO4/c20-15(21)13-3-1-2-4-14(13)19-16(22)17-6-11-5-12(7-17)9-18(23,8-11)10-17/h1-4,11-12,23H,5-10H2,(H,19,22)(H,20,21). The third kappa shape index (κ3) is 2.34. The van der Waals surface area contributed by atoms with Crippen LogP contribution in [0.25, 0.3) is 0 Å². The Labute approximate surface area is 134 Å². The number of aliphatic hydroxyl groups is 1. The van der Waals surface area contributed by atoms with Crippen molar-refractivity contribution in [3.05, 3.63) is 29.8 Å². The molecule has 5 heteroatoms. The van der Waals surface area contributed by atoms with Crippen LogP contribution in [-0.4, -0.2) is 27.7 Å². The number of benzene rings is 1. The lowest BCUT2D eigenvalue weighted by atomic mass is 9.47. The second-order valence-electron chi connectivity index (χ2n) is 7.77. The van der Waals surface area contributed by atoms with Crippen LogP contribution in [0.15, 0.2) is 24.3 Å². The number of anilines is 1. The molecule has 4 saturated carbocycles. The molecule has 4 bridgehead atoms. The molecule has 5 nitrogen and oxygen atoms in total. The summed E-state index contributed by atoms with van der Waals surface area (Å²) in [5, 5.41) is 22.8. The minimum absolute atomic E-state index is 0.101. The van der Waals surface area contributed by atoms with Gasteiger partial charge >= 0.3 is 5.97 Å². The van der Waals surface area contributed by atoms with Gasteiger partial charge in [0.15, 0.2) is 0 Å². The molecule has 3 N–H and O–H groups in total. The van der Waals surface area contributed by atoms with E-state index in [-0.39, 0.29) is 11.5 Å². The Kier molecular flexibility index (Phi) is 3.07. The van der Waals surface area contributed by atoms with E-state index < -0.39 is 17.0 Å². The molecular formula is C18H21NO4. The first-order valence-corrected chi connectivity index (χ1v) is 8.25. The van der Waals surface area contributed by atoms with Crippen LogP contribution in [0.1, 0.15) is 48.9 Å². The van der Waals surface area contributed by atoms with Crippen LogP contribution >= 0.6 is 0 Å². The van der Waals surface area contributed by atoms with Crippen LogP contribution in [0, 0.1) is 17.3 Å². The smallest absolute Gasteiger partial charge is 0.337 e. The van der Waals surface area contributed by atoms with Gasteiger partial charge in [0.1, 0.15) is 0 Å².